The number of amides is 1. The second kappa shape index (κ2) is 8.73. The predicted octanol–water partition coefficient (Wildman–Crippen LogP) is 5.90. The number of ether oxygens (including phenoxy) is 2. The van der Waals surface area contributed by atoms with Crippen molar-refractivity contribution in [2.75, 3.05) is 19.0 Å². The molecule has 32 heavy (non-hydrogen) atoms. The van der Waals surface area contributed by atoms with Gasteiger partial charge in [0, 0.05) is 17.8 Å². The number of hydrogen-bond donors (Lipinski definition) is 1. The highest BCUT2D eigenvalue weighted by Crippen LogP contribution is 2.35. The molecule has 164 valence electrons. The molecule has 6 nitrogen and oxygen atoms in total. The smallest absolute Gasteiger partial charge is 0.262 e. The zero-order chi connectivity index (χ0) is 23.0. The van der Waals surface area contributed by atoms with Crippen molar-refractivity contribution in [3.63, 3.8) is 0 Å². The van der Waals surface area contributed by atoms with E-state index in [1.54, 1.807) is 18.2 Å². The van der Waals surface area contributed by atoms with Crippen LogP contribution in [0.15, 0.2) is 51.7 Å². The maximum atomic E-state index is 12.9. The van der Waals surface area contributed by atoms with Gasteiger partial charge >= 0.3 is 0 Å². The van der Waals surface area contributed by atoms with Crippen molar-refractivity contribution in [3.05, 3.63) is 73.9 Å². The molecule has 1 heterocycles. The summed E-state index contributed by atoms with van der Waals surface area (Å²) in [4.78, 5) is 25.2. The van der Waals surface area contributed by atoms with Gasteiger partial charge in [0.25, 0.3) is 5.91 Å². The molecule has 4 aromatic rings. The van der Waals surface area contributed by atoms with E-state index in [2.05, 4.69) is 5.32 Å². The summed E-state index contributed by atoms with van der Waals surface area (Å²) in [7, 11) is 1.47. The minimum atomic E-state index is -0.413. The van der Waals surface area contributed by atoms with Crippen LogP contribution in [0.1, 0.15) is 11.1 Å². The second-order valence-corrected chi connectivity index (χ2v) is 8.14. The molecule has 4 rings (SSSR count). The van der Waals surface area contributed by atoms with Crippen LogP contribution in [0.2, 0.25) is 10.0 Å². The van der Waals surface area contributed by atoms with Gasteiger partial charge in [-0.25, -0.2) is 0 Å². The van der Waals surface area contributed by atoms with E-state index >= 15 is 0 Å². The molecule has 1 amide bonds. The van der Waals surface area contributed by atoms with Crippen molar-refractivity contribution >= 4 is 56.7 Å². The fourth-order valence-electron chi connectivity index (χ4n) is 3.31. The maximum Gasteiger partial charge on any atom is 0.262 e. The van der Waals surface area contributed by atoms with Gasteiger partial charge in [0.1, 0.15) is 22.7 Å². The Morgan fingerprint density at radius 2 is 1.62 bits per heavy atom. The average molecular weight is 472 g/mol. The summed E-state index contributed by atoms with van der Waals surface area (Å²) in [5.41, 5.74) is 3.29. The van der Waals surface area contributed by atoms with Crippen LogP contribution in [0.3, 0.4) is 0 Å². The molecule has 0 fully saturated rings. The average Bonchev–Trinajstić information content (AvgIpc) is 2.75. The highest BCUT2D eigenvalue weighted by Gasteiger charge is 2.13. The molecular weight excluding hydrogens is 453 g/mol. The first kappa shape index (κ1) is 22.0. The lowest BCUT2D eigenvalue weighted by Crippen LogP contribution is -2.20. The lowest BCUT2D eigenvalue weighted by Gasteiger charge is -2.11. The van der Waals surface area contributed by atoms with Crippen LogP contribution in [0.5, 0.6) is 11.5 Å². The highest BCUT2D eigenvalue weighted by atomic mass is 35.5. The minimum Gasteiger partial charge on any atom is -0.495 e. The van der Waals surface area contributed by atoms with Crippen molar-refractivity contribution < 1.29 is 18.7 Å². The van der Waals surface area contributed by atoms with Crippen molar-refractivity contribution in [1.29, 1.82) is 0 Å². The van der Waals surface area contributed by atoms with E-state index in [0.29, 0.717) is 38.4 Å². The number of halogens is 2. The van der Waals surface area contributed by atoms with E-state index in [9.17, 15) is 9.59 Å². The normalized spacial score (nSPS) is 11.0. The summed E-state index contributed by atoms with van der Waals surface area (Å²) in [6.07, 6.45) is 0. The zero-order valence-corrected chi connectivity index (χ0v) is 19.1. The quantitative estimate of drug-likeness (QED) is 0.366. The summed E-state index contributed by atoms with van der Waals surface area (Å²) >= 11 is 12.1. The fraction of sp³-hybridized carbons (Fsp3) is 0.167. The summed E-state index contributed by atoms with van der Waals surface area (Å²) in [5.74, 6) is 0.238. The summed E-state index contributed by atoms with van der Waals surface area (Å²) < 4.78 is 16.6. The monoisotopic (exact) mass is 471 g/mol. The fourth-order valence-corrected chi connectivity index (χ4v) is 3.82. The van der Waals surface area contributed by atoms with Gasteiger partial charge in [-0.3, -0.25) is 9.59 Å². The van der Waals surface area contributed by atoms with Crippen LogP contribution in [-0.4, -0.2) is 19.6 Å². The number of anilines is 1. The molecule has 0 aliphatic rings. The zero-order valence-electron chi connectivity index (χ0n) is 17.5. The van der Waals surface area contributed by atoms with Gasteiger partial charge in [-0.15, -0.1) is 0 Å². The Balaban J connectivity index is 1.55. The Morgan fingerprint density at radius 1 is 0.938 bits per heavy atom. The third-order valence-corrected chi connectivity index (χ3v) is 5.73. The van der Waals surface area contributed by atoms with Crippen molar-refractivity contribution in [2.24, 2.45) is 0 Å². The molecule has 0 aliphatic carbocycles. The third-order valence-electron chi connectivity index (χ3n) is 5.14. The Labute approximate surface area is 193 Å². The Bertz CT molecular complexity index is 1430. The van der Waals surface area contributed by atoms with E-state index in [1.807, 2.05) is 26.0 Å². The molecule has 1 N–H and O–H groups in total. The number of hydrogen-bond acceptors (Lipinski definition) is 5. The minimum absolute atomic E-state index is 0.114. The van der Waals surface area contributed by atoms with Crippen LogP contribution < -0.4 is 20.2 Å². The molecule has 0 atom stereocenters. The third kappa shape index (κ3) is 4.24. The largest absolute Gasteiger partial charge is 0.495 e. The first-order valence-electron chi connectivity index (χ1n) is 9.70. The van der Waals surface area contributed by atoms with E-state index in [1.165, 1.54) is 19.2 Å². The lowest BCUT2D eigenvalue weighted by atomic mass is 10.1. The van der Waals surface area contributed by atoms with E-state index in [4.69, 9.17) is 37.1 Å². The molecule has 0 unspecified atom stereocenters. The Kier molecular flexibility index (Phi) is 6.00. The van der Waals surface area contributed by atoms with Gasteiger partial charge < -0.3 is 19.2 Å². The maximum absolute atomic E-state index is 12.9. The molecule has 0 aliphatic heterocycles. The predicted molar refractivity (Wildman–Crippen MR) is 127 cm³/mol. The van der Waals surface area contributed by atoms with Gasteiger partial charge in [-0.1, -0.05) is 23.2 Å². The first-order chi connectivity index (χ1) is 15.3. The molecule has 8 heteroatoms. The van der Waals surface area contributed by atoms with Gasteiger partial charge in [-0.05, 0) is 55.3 Å². The van der Waals surface area contributed by atoms with Crippen molar-refractivity contribution in [1.82, 2.24) is 0 Å². The molecule has 0 saturated carbocycles. The Hall–Kier alpha value is -3.22. The second-order valence-electron chi connectivity index (χ2n) is 7.33. The van der Waals surface area contributed by atoms with Crippen LogP contribution in [-0.2, 0) is 4.79 Å². The van der Waals surface area contributed by atoms with E-state index in [-0.39, 0.29) is 22.8 Å². The topological polar surface area (TPSA) is 77.8 Å². The number of carbonyl (C=O) groups is 1. The number of aryl methyl sites for hydroxylation is 2. The number of fused-ring (bicyclic) bond motifs is 2. The van der Waals surface area contributed by atoms with Crippen LogP contribution in [0.25, 0.3) is 21.9 Å². The Morgan fingerprint density at radius 3 is 2.38 bits per heavy atom. The van der Waals surface area contributed by atoms with Crippen LogP contribution in [0, 0.1) is 13.8 Å². The number of rotatable bonds is 5. The van der Waals surface area contributed by atoms with Crippen LogP contribution >= 0.6 is 23.2 Å². The number of methoxy groups -OCH3 is 1. The number of benzene rings is 3. The van der Waals surface area contributed by atoms with E-state index in [0.717, 1.165) is 11.1 Å². The molecule has 0 saturated heterocycles. The van der Waals surface area contributed by atoms with Crippen LogP contribution in [0.4, 0.5) is 5.69 Å². The summed E-state index contributed by atoms with van der Waals surface area (Å²) in [6.45, 7) is 3.62. The van der Waals surface area contributed by atoms with Gasteiger partial charge in [-0.2, -0.15) is 0 Å². The van der Waals surface area contributed by atoms with Gasteiger partial charge in [0.15, 0.2) is 6.61 Å². The first-order valence-corrected chi connectivity index (χ1v) is 10.5. The van der Waals surface area contributed by atoms with Crippen molar-refractivity contribution in [3.8, 4) is 11.5 Å². The standard InChI is InChI=1S/C24H19Cl2NO5/c1-12-6-16-19(7-13(12)2)32-20-8-14(4-5-15(20)24(16)29)27-23(28)11-31-22-10-21(30-3)17(25)9-18(22)26/h4-10H,11H2,1-3H3,(H,27,28). The summed E-state index contributed by atoms with van der Waals surface area (Å²) in [5, 5.41) is 4.29. The van der Waals surface area contributed by atoms with Gasteiger partial charge in [0.2, 0.25) is 5.43 Å². The number of nitrogens with one attached hydrogen (secondary N) is 1. The summed E-state index contributed by atoms with van der Waals surface area (Å²) in [6, 6.07) is 11.6. The van der Waals surface area contributed by atoms with E-state index < -0.39 is 5.91 Å². The lowest BCUT2D eigenvalue weighted by molar-refractivity contribution is -0.118. The molecule has 1 aromatic heterocycles. The number of carbonyl (C=O) groups excluding carboxylic acids is 1. The molecule has 0 spiro atoms. The van der Waals surface area contributed by atoms with Gasteiger partial charge in [0.05, 0.1) is 27.9 Å². The molecular formula is C24H19Cl2NO5. The van der Waals surface area contributed by atoms with Crippen molar-refractivity contribution in [2.45, 2.75) is 13.8 Å². The SMILES string of the molecule is COc1cc(OCC(=O)Nc2ccc3c(=O)c4cc(C)c(C)cc4oc3c2)c(Cl)cc1Cl. The molecule has 0 bridgehead atoms. The highest BCUT2D eigenvalue weighted by molar-refractivity contribution is 6.36. The molecule has 0 radical (unpaired) electrons. The molecule has 3 aromatic carbocycles.